The number of fused-ring (bicyclic) bond motifs is 1. The molecule has 0 radical (unpaired) electrons. The van der Waals surface area contributed by atoms with Gasteiger partial charge in [-0.1, -0.05) is 30.7 Å². The van der Waals surface area contributed by atoms with Crippen molar-refractivity contribution in [2.45, 2.75) is 26.0 Å². The van der Waals surface area contributed by atoms with Gasteiger partial charge >= 0.3 is 0 Å². The van der Waals surface area contributed by atoms with Crippen LogP contribution in [0.25, 0.3) is 10.9 Å². The van der Waals surface area contributed by atoms with Crippen molar-refractivity contribution < 1.29 is 9.84 Å². The van der Waals surface area contributed by atoms with Gasteiger partial charge in [-0.15, -0.1) is 0 Å². The van der Waals surface area contributed by atoms with E-state index >= 15 is 0 Å². The maximum Gasteiger partial charge on any atom is 0.261 e. The molecule has 0 aliphatic heterocycles. The van der Waals surface area contributed by atoms with Crippen LogP contribution in [-0.4, -0.2) is 27.4 Å². The molecule has 5 nitrogen and oxygen atoms in total. The molecule has 0 spiro atoms. The molecule has 0 unspecified atom stereocenters. The molecule has 0 aliphatic rings. The number of nitrogens with zero attached hydrogens (tertiary/aromatic N) is 2. The summed E-state index contributed by atoms with van der Waals surface area (Å²) >= 11 is 5.91. The normalized spacial score (nSPS) is 12.3. The summed E-state index contributed by atoms with van der Waals surface area (Å²) in [6, 6.07) is 12.7. The molecule has 25 heavy (non-hydrogen) atoms. The van der Waals surface area contributed by atoms with Gasteiger partial charge in [-0.25, -0.2) is 4.98 Å². The highest BCUT2D eigenvalue weighted by Gasteiger charge is 2.10. The van der Waals surface area contributed by atoms with Crippen LogP contribution >= 0.6 is 11.6 Å². The predicted molar refractivity (Wildman–Crippen MR) is 98.3 cm³/mol. The molecule has 3 rings (SSSR count). The minimum Gasteiger partial charge on any atom is -0.491 e. The van der Waals surface area contributed by atoms with Crippen molar-refractivity contribution in [3.63, 3.8) is 0 Å². The molecule has 6 heteroatoms. The quantitative estimate of drug-likeness (QED) is 0.735. The molecule has 0 aliphatic carbocycles. The zero-order valence-electron chi connectivity index (χ0n) is 13.9. The van der Waals surface area contributed by atoms with Crippen LogP contribution in [0.15, 0.2) is 53.6 Å². The Morgan fingerprint density at radius 1 is 1.24 bits per heavy atom. The van der Waals surface area contributed by atoms with Gasteiger partial charge in [0, 0.05) is 5.02 Å². The number of hydrogen-bond donors (Lipinski definition) is 1. The number of aryl methyl sites for hydroxylation is 1. The van der Waals surface area contributed by atoms with E-state index in [1.807, 2.05) is 24.3 Å². The van der Waals surface area contributed by atoms with Crippen molar-refractivity contribution in [2.75, 3.05) is 6.61 Å². The highest BCUT2D eigenvalue weighted by Crippen LogP contribution is 2.15. The number of ether oxygens (including phenoxy) is 1. The fourth-order valence-electron chi connectivity index (χ4n) is 2.56. The van der Waals surface area contributed by atoms with E-state index in [1.165, 1.54) is 16.5 Å². The summed E-state index contributed by atoms with van der Waals surface area (Å²) in [6.07, 6.45) is 1.56. The molecule has 3 aromatic rings. The summed E-state index contributed by atoms with van der Waals surface area (Å²) in [4.78, 5) is 16.7. The summed E-state index contributed by atoms with van der Waals surface area (Å²) in [5.41, 5.74) is 1.55. The van der Waals surface area contributed by atoms with Crippen molar-refractivity contribution >= 4 is 22.5 Å². The van der Waals surface area contributed by atoms with Gasteiger partial charge in [0.05, 0.1) is 23.8 Å². The van der Waals surface area contributed by atoms with Crippen molar-refractivity contribution in [1.29, 1.82) is 0 Å². The van der Waals surface area contributed by atoms with Crippen molar-refractivity contribution in [2.24, 2.45) is 0 Å². The van der Waals surface area contributed by atoms with Gasteiger partial charge in [0.2, 0.25) is 0 Å². The van der Waals surface area contributed by atoms with Crippen LogP contribution in [0.2, 0.25) is 5.02 Å². The van der Waals surface area contributed by atoms with Crippen molar-refractivity contribution in [3.8, 4) is 5.75 Å². The van der Waals surface area contributed by atoms with E-state index < -0.39 is 6.10 Å². The van der Waals surface area contributed by atoms with Crippen LogP contribution in [0.1, 0.15) is 12.5 Å². The number of halogens is 1. The molecule has 0 saturated heterocycles. The average Bonchev–Trinajstić information content (AvgIpc) is 2.62. The monoisotopic (exact) mass is 358 g/mol. The second-order valence-electron chi connectivity index (χ2n) is 5.83. The zero-order chi connectivity index (χ0) is 17.8. The third kappa shape index (κ3) is 4.18. The molecule has 1 N–H and O–H groups in total. The summed E-state index contributed by atoms with van der Waals surface area (Å²) in [5.74, 6) is 0.690. The molecular formula is C19H19ClN2O3. The average molecular weight is 359 g/mol. The van der Waals surface area contributed by atoms with Gasteiger partial charge in [0.15, 0.2) is 0 Å². The highest BCUT2D eigenvalue weighted by molar-refractivity contribution is 6.31. The third-order valence-electron chi connectivity index (χ3n) is 3.97. The van der Waals surface area contributed by atoms with E-state index in [0.29, 0.717) is 21.7 Å². The summed E-state index contributed by atoms with van der Waals surface area (Å²) < 4.78 is 6.96. The second-order valence-corrected chi connectivity index (χ2v) is 6.26. The lowest BCUT2D eigenvalue weighted by Gasteiger charge is -2.14. The van der Waals surface area contributed by atoms with Crippen LogP contribution in [0, 0.1) is 0 Å². The lowest BCUT2D eigenvalue weighted by molar-refractivity contribution is 0.0915. The number of rotatable bonds is 6. The number of aliphatic hydroxyl groups excluding tert-OH is 1. The largest absolute Gasteiger partial charge is 0.491 e. The molecule has 0 fully saturated rings. The number of benzene rings is 2. The zero-order valence-corrected chi connectivity index (χ0v) is 14.6. The van der Waals surface area contributed by atoms with Gasteiger partial charge in [-0.3, -0.25) is 9.36 Å². The predicted octanol–water partition coefficient (Wildman–Crippen LogP) is 3.05. The van der Waals surface area contributed by atoms with E-state index in [4.69, 9.17) is 16.3 Å². The highest BCUT2D eigenvalue weighted by atomic mass is 35.5. The minimum absolute atomic E-state index is 0.0938. The van der Waals surface area contributed by atoms with Gasteiger partial charge in [0.1, 0.15) is 18.5 Å². The standard InChI is InChI=1S/C19H19ClN2O3/c1-2-13-3-6-16(7-4-13)25-11-15(23)10-22-12-21-18-9-14(20)5-8-17(18)19(22)24/h3-9,12,15,23H,2,10-11H2,1H3/t15-/m0/s1. The van der Waals surface area contributed by atoms with E-state index in [-0.39, 0.29) is 18.7 Å². The Morgan fingerprint density at radius 2 is 2.00 bits per heavy atom. The van der Waals surface area contributed by atoms with E-state index in [9.17, 15) is 9.90 Å². The first-order valence-electron chi connectivity index (χ1n) is 8.11. The molecule has 130 valence electrons. The smallest absolute Gasteiger partial charge is 0.261 e. The maximum absolute atomic E-state index is 12.4. The molecule has 1 atom stereocenters. The Kier molecular flexibility index (Phi) is 5.36. The van der Waals surface area contributed by atoms with Crippen LogP contribution < -0.4 is 10.3 Å². The first-order chi connectivity index (χ1) is 12.1. The summed E-state index contributed by atoms with van der Waals surface area (Å²) in [7, 11) is 0. The van der Waals surface area contributed by atoms with Gasteiger partial charge in [0.25, 0.3) is 5.56 Å². The lowest BCUT2D eigenvalue weighted by atomic mass is 10.2. The molecule has 0 bridgehead atoms. The lowest BCUT2D eigenvalue weighted by Crippen LogP contribution is -2.30. The summed E-state index contributed by atoms with van der Waals surface area (Å²) in [6.45, 7) is 2.29. The van der Waals surface area contributed by atoms with E-state index in [0.717, 1.165) is 6.42 Å². The SMILES string of the molecule is CCc1ccc(OC[C@@H](O)Cn2cnc3cc(Cl)ccc3c2=O)cc1. The molecule has 0 amide bonds. The van der Waals surface area contributed by atoms with Crippen LogP contribution in [0.3, 0.4) is 0 Å². The fraction of sp³-hybridized carbons (Fsp3) is 0.263. The van der Waals surface area contributed by atoms with E-state index in [1.54, 1.807) is 18.2 Å². The van der Waals surface area contributed by atoms with Crippen molar-refractivity contribution in [3.05, 3.63) is 69.7 Å². The molecule has 1 aromatic heterocycles. The molecule has 1 heterocycles. The van der Waals surface area contributed by atoms with Gasteiger partial charge < -0.3 is 9.84 Å². The Bertz CT molecular complexity index is 922. The fourth-order valence-corrected chi connectivity index (χ4v) is 2.72. The first kappa shape index (κ1) is 17.5. The minimum atomic E-state index is -0.824. The Hall–Kier alpha value is -2.37. The Morgan fingerprint density at radius 3 is 2.72 bits per heavy atom. The third-order valence-corrected chi connectivity index (χ3v) is 4.20. The Balaban J connectivity index is 1.67. The summed E-state index contributed by atoms with van der Waals surface area (Å²) in [5, 5.41) is 11.2. The molecule has 2 aromatic carbocycles. The van der Waals surface area contributed by atoms with Crippen LogP contribution in [0.5, 0.6) is 5.75 Å². The topological polar surface area (TPSA) is 64.3 Å². The number of hydrogen-bond acceptors (Lipinski definition) is 4. The van der Waals surface area contributed by atoms with Crippen molar-refractivity contribution in [1.82, 2.24) is 9.55 Å². The number of aromatic nitrogens is 2. The molecule has 0 saturated carbocycles. The van der Waals surface area contributed by atoms with Crippen LogP contribution in [0.4, 0.5) is 0 Å². The van der Waals surface area contributed by atoms with E-state index in [2.05, 4.69) is 11.9 Å². The van der Waals surface area contributed by atoms with Gasteiger partial charge in [-0.05, 0) is 42.3 Å². The maximum atomic E-state index is 12.4. The Labute approximate surface area is 150 Å². The van der Waals surface area contributed by atoms with Crippen LogP contribution in [-0.2, 0) is 13.0 Å². The molecular weight excluding hydrogens is 340 g/mol. The first-order valence-corrected chi connectivity index (χ1v) is 8.49. The van der Waals surface area contributed by atoms with Gasteiger partial charge in [-0.2, -0.15) is 0 Å². The number of aliphatic hydroxyl groups is 1. The second kappa shape index (κ2) is 7.68.